The molecule has 0 saturated heterocycles. The van der Waals surface area contributed by atoms with Crippen LogP contribution in [-0.2, 0) is 9.59 Å². The van der Waals surface area contributed by atoms with Crippen LogP contribution in [0.1, 0.15) is 63.5 Å². The number of nitrogens with one attached hydrogen (secondary N) is 1. The molecule has 22 heavy (non-hydrogen) atoms. The van der Waals surface area contributed by atoms with Gasteiger partial charge in [-0.15, -0.1) is 0 Å². The average Bonchev–Trinajstić information content (AvgIpc) is 2.43. The number of aryl methyl sites for hydroxylation is 1. The average molecular weight is 305 g/mol. The van der Waals surface area contributed by atoms with Crippen LogP contribution in [-0.4, -0.2) is 22.5 Å². The molecular weight excluding hydrogens is 278 g/mol. The topological polar surface area (TPSA) is 66.4 Å². The zero-order valence-corrected chi connectivity index (χ0v) is 14.0. The second-order valence-corrected chi connectivity index (χ2v) is 6.55. The molecule has 4 nitrogen and oxygen atoms in total. The first-order valence-electron chi connectivity index (χ1n) is 7.83. The van der Waals surface area contributed by atoms with Crippen LogP contribution in [0, 0.1) is 6.92 Å². The highest BCUT2D eigenvalue weighted by molar-refractivity contribution is 5.77. The number of hydrogen-bond acceptors (Lipinski definition) is 2. The summed E-state index contributed by atoms with van der Waals surface area (Å²) in [6, 6.07) is 8.28. The Morgan fingerprint density at radius 2 is 1.82 bits per heavy atom. The molecule has 0 aliphatic rings. The molecule has 1 aromatic rings. The Labute approximate surface area is 132 Å². The minimum absolute atomic E-state index is 0.0252. The highest BCUT2D eigenvalue weighted by atomic mass is 16.4. The number of benzene rings is 1. The predicted octanol–water partition coefficient (Wildman–Crippen LogP) is 3.64. The Morgan fingerprint density at radius 1 is 1.23 bits per heavy atom. The zero-order chi connectivity index (χ0) is 16.8. The van der Waals surface area contributed by atoms with Crippen LogP contribution in [0.15, 0.2) is 24.3 Å². The van der Waals surface area contributed by atoms with Crippen molar-refractivity contribution in [3.63, 3.8) is 0 Å². The van der Waals surface area contributed by atoms with Crippen LogP contribution in [0.3, 0.4) is 0 Å². The van der Waals surface area contributed by atoms with Gasteiger partial charge in [-0.1, -0.05) is 36.8 Å². The van der Waals surface area contributed by atoms with Crippen molar-refractivity contribution in [1.82, 2.24) is 5.32 Å². The number of rotatable bonds is 8. The minimum atomic E-state index is -0.839. The SMILES string of the molecule is CCC(CC(=O)NC(C)(C)CCC(=O)O)c1ccc(C)cc1. The van der Waals surface area contributed by atoms with Gasteiger partial charge in [-0.3, -0.25) is 9.59 Å². The van der Waals surface area contributed by atoms with E-state index in [0.717, 1.165) is 6.42 Å². The van der Waals surface area contributed by atoms with E-state index in [4.69, 9.17) is 5.11 Å². The maximum Gasteiger partial charge on any atom is 0.303 e. The van der Waals surface area contributed by atoms with Crippen molar-refractivity contribution in [3.8, 4) is 0 Å². The van der Waals surface area contributed by atoms with Crippen molar-refractivity contribution < 1.29 is 14.7 Å². The van der Waals surface area contributed by atoms with Gasteiger partial charge in [0.2, 0.25) is 5.91 Å². The van der Waals surface area contributed by atoms with Crippen molar-refractivity contribution in [2.75, 3.05) is 0 Å². The van der Waals surface area contributed by atoms with E-state index in [9.17, 15) is 9.59 Å². The second-order valence-electron chi connectivity index (χ2n) is 6.55. The van der Waals surface area contributed by atoms with Crippen LogP contribution in [0.2, 0.25) is 0 Å². The lowest BCUT2D eigenvalue weighted by molar-refractivity contribution is -0.137. The lowest BCUT2D eigenvalue weighted by Gasteiger charge is -2.27. The number of aliphatic carboxylic acids is 1. The maximum atomic E-state index is 12.3. The highest BCUT2D eigenvalue weighted by Crippen LogP contribution is 2.24. The first kappa shape index (κ1) is 18.2. The molecule has 122 valence electrons. The van der Waals surface area contributed by atoms with Crippen molar-refractivity contribution in [2.45, 2.75) is 64.8 Å². The maximum absolute atomic E-state index is 12.3. The Bertz CT molecular complexity index is 506. The van der Waals surface area contributed by atoms with Crippen molar-refractivity contribution in [3.05, 3.63) is 35.4 Å². The van der Waals surface area contributed by atoms with Crippen LogP contribution < -0.4 is 5.32 Å². The second kappa shape index (κ2) is 7.97. The van der Waals surface area contributed by atoms with E-state index in [-0.39, 0.29) is 18.2 Å². The van der Waals surface area contributed by atoms with Gasteiger partial charge in [0.05, 0.1) is 0 Å². The van der Waals surface area contributed by atoms with E-state index >= 15 is 0 Å². The molecular formula is C18H27NO3. The molecule has 0 aliphatic heterocycles. The number of hydrogen-bond donors (Lipinski definition) is 2. The van der Waals surface area contributed by atoms with Crippen molar-refractivity contribution in [1.29, 1.82) is 0 Å². The van der Waals surface area contributed by atoms with Crippen LogP contribution in [0.4, 0.5) is 0 Å². The zero-order valence-electron chi connectivity index (χ0n) is 14.0. The van der Waals surface area contributed by atoms with Gasteiger partial charge in [0, 0.05) is 18.4 Å². The fourth-order valence-electron chi connectivity index (χ4n) is 2.47. The molecule has 1 aromatic carbocycles. The minimum Gasteiger partial charge on any atom is -0.481 e. The van der Waals surface area contributed by atoms with Gasteiger partial charge in [0.15, 0.2) is 0 Å². The summed E-state index contributed by atoms with van der Waals surface area (Å²) in [4.78, 5) is 22.9. The van der Waals surface area contributed by atoms with Crippen molar-refractivity contribution >= 4 is 11.9 Å². The molecule has 0 bridgehead atoms. The van der Waals surface area contributed by atoms with Crippen molar-refractivity contribution in [2.24, 2.45) is 0 Å². The molecule has 2 N–H and O–H groups in total. The largest absolute Gasteiger partial charge is 0.481 e. The fraction of sp³-hybridized carbons (Fsp3) is 0.556. The molecule has 0 radical (unpaired) electrons. The van der Waals surface area contributed by atoms with Gasteiger partial charge in [0.1, 0.15) is 0 Å². The summed E-state index contributed by atoms with van der Waals surface area (Å²) >= 11 is 0. The van der Waals surface area contributed by atoms with E-state index in [0.29, 0.717) is 12.8 Å². The van der Waals surface area contributed by atoms with Gasteiger partial charge in [-0.2, -0.15) is 0 Å². The molecule has 0 aromatic heterocycles. The molecule has 1 amide bonds. The molecule has 0 spiro atoms. The highest BCUT2D eigenvalue weighted by Gasteiger charge is 2.23. The van der Waals surface area contributed by atoms with E-state index in [1.165, 1.54) is 11.1 Å². The van der Waals surface area contributed by atoms with Crippen LogP contribution in [0.5, 0.6) is 0 Å². The van der Waals surface area contributed by atoms with E-state index in [1.807, 2.05) is 20.8 Å². The summed E-state index contributed by atoms with van der Waals surface area (Å²) in [5.41, 5.74) is 1.88. The molecule has 0 saturated carbocycles. The molecule has 1 atom stereocenters. The molecule has 1 rings (SSSR count). The lowest BCUT2D eigenvalue weighted by Crippen LogP contribution is -2.44. The first-order valence-corrected chi connectivity index (χ1v) is 7.83. The molecule has 1 unspecified atom stereocenters. The summed E-state index contributed by atoms with van der Waals surface area (Å²) in [6.45, 7) is 7.84. The Kier molecular flexibility index (Phi) is 6.60. The standard InChI is InChI=1S/C18H27NO3/c1-5-14(15-8-6-13(2)7-9-15)12-16(20)19-18(3,4)11-10-17(21)22/h6-9,14H,5,10-12H2,1-4H3,(H,19,20)(H,21,22). The third-order valence-electron chi connectivity index (χ3n) is 3.92. The normalized spacial score (nSPS) is 12.7. The number of carboxylic acid groups (broad SMARTS) is 1. The smallest absolute Gasteiger partial charge is 0.303 e. The lowest BCUT2D eigenvalue weighted by atomic mass is 9.91. The van der Waals surface area contributed by atoms with Gasteiger partial charge in [0.25, 0.3) is 0 Å². The van der Waals surface area contributed by atoms with Gasteiger partial charge >= 0.3 is 5.97 Å². The third-order valence-corrected chi connectivity index (χ3v) is 3.92. The van der Waals surface area contributed by atoms with E-state index < -0.39 is 11.5 Å². The number of carboxylic acids is 1. The summed E-state index contributed by atoms with van der Waals surface area (Å²) in [5, 5.41) is 11.7. The monoisotopic (exact) mass is 305 g/mol. The number of amides is 1. The van der Waals surface area contributed by atoms with Crippen LogP contribution >= 0.6 is 0 Å². The number of carbonyl (C=O) groups is 2. The summed E-state index contributed by atoms with van der Waals surface area (Å²) in [7, 11) is 0. The number of carbonyl (C=O) groups excluding carboxylic acids is 1. The molecule has 0 aliphatic carbocycles. The van der Waals surface area contributed by atoms with E-state index in [1.54, 1.807) is 0 Å². The Hall–Kier alpha value is -1.84. The van der Waals surface area contributed by atoms with Gasteiger partial charge < -0.3 is 10.4 Å². The van der Waals surface area contributed by atoms with Gasteiger partial charge in [-0.25, -0.2) is 0 Å². The first-order chi connectivity index (χ1) is 10.2. The predicted molar refractivity (Wildman–Crippen MR) is 87.9 cm³/mol. The fourth-order valence-corrected chi connectivity index (χ4v) is 2.47. The Morgan fingerprint density at radius 3 is 2.32 bits per heavy atom. The summed E-state index contributed by atoms with van der Waals surface area (Å²) in [6.07, 6.45) is 1.81. The Balaban J connectivity index is 2.61. The molecule has 4 heteroatoms. The van der Waals surface area contributed by atoms with E-state index in [2.05, 4.69) is 36.5 Å². The van der Waals surface area contributed by atoms with Gasteiger partial charge in [-0.05, 0) is 45.1 Å². The summed E-state index contributed by atoms with van der Waals surface area (Å²) < 4.78 is 0. The molecule has 0 fully saturated rings. The summed E-state index contributed by atoms with van der Waals surface area (Å²) in [5.74, 6) is -0.674. The van der Waals surface area contributed by atoms with Crippen LogP contribution in [0.25, 0.3) is 0 Å². The third kappa shape index (κ3) is 6.29. The quantitative estimate of drug-likeness (QED) is 0.770. The molecule has 0 heterocycles.